The first-order chi connectivity index (χ1) is 11.7. The molecule has 2 unspecified atom stereocenters. The van der Waals surface area contributed by atoms with E-state index in [1.807, 2.05) is 37.3 Å². The predicted octanol–water partition coefficient (Wildman–Crippen LogP) is 2.86. The minimum absolute atomic E-state index is 0.0345. The first-order valence-corrected chi connectivity index (χ1v) is 8.50. The molecule has 1 aliphatic heterocycles. The molecule has 124 valence electrons. The van der Waals surface area contributed by atoms with E-state index < -0.39 is 0 Å². The van der Waals surface area contributed by atoms with Gasteiger partial charge in [-0.1, -0.05) is 35.5 Å². The average Bonchev–Trinajstić information content (AvgIpc) is 3.34. The fraction of sp³-hybridized carbons (Fsp3) is 0.375. The summed E-state index contributed by atoms with van der Waals surface area (Å²) in [5.74, 6) is 1.97. The van der Waals surface area contributed by atoms with Crippen molar-refractivity contribution in [2.24, 2.45) is 0 Å². The van der Waals surface area contributed by atoms with Gasteiger partial charge in [0.25, 0.3) is 0 Å². The molecule has 3 heterocycles. The first-order valence-electron chi connectivity index (χ1n) is 7.73. The van der Waals surface area contributed by atoms with Gasteiger partial charge in [0.15, 0.2) is 11.6 Å². The molecule has 1 saturated heterocycles. The van der Waals surface area contributed by atoms with E-state index in [1.54, 1.807) is 7.11 Å². The third-order valence-electron chi connectivity index (χ3n) is 4.12. The molecule has 3 aromatic rings. The Bertz CT molecular complexity index is 819. The van der Waals surface area contributed by atoms with E-state index in [0.717, 1.165) is 29.5 Å². The summed E-state index contributed by atoms with van der Waals surface area (Å²) in [5.41, 5.74) is 1.01. The molecule has 0 amide bonds. The monoisotopic (exact) mass is 343 g/mol. The van der Waals surface area contributed by atoms with Crippen molar-refractivity contribution < 1.29 is 9.26 Å². The number of nitrogens with zero attached hydrogens (tertiary/aromatic N) is 5. The van der Waals surface area contributed by atoms with Gasteiger partial charge in [0.2, 0.25) is 11.0 Å². The van der Waals surface area contributed by atoms with Gasteiger partial charge in [0, 0.05) is 37.2 Å². The minimum Gasteiger partial charge on any atom is -0.380 e. The van der Waals surface area contributed by atoms with E-state index in [-0.39, 0.29) is 12.1 Å². The fourth-order valence-electron chi connectivity index (χ4n) is 2.90. The summed E-state index contributed by atoms with van der Waals surface area (Å²) in [6.07, 6.45) is 0.893. The third-order valence-corrected chi connectivity index (χ3v) is 4.87. The van der Waals surface area contributed by atoms with Crippen LogP contribution in [0, 0.1) is 6.92 Å². The molecule has 0 radical (unpaired) electrons. The summed E-state index contributed by atoms with van der Waals surface area (Å²) in [6.45, 7) is 2.55. The lowest BCUT2D eigenvalue weighted by Gasteiger charge is -2.19. The van der Waals surface area contributed by atoms with E-state index in [1.165, 1.54) is 11.5 Å². The lowest BCUT2D eigenvalue weighted by molar-refractivity contribution is 0.117. The summed E-state index contributed by atoms with van der Waals surface area (Å²) < 4.78 is 15.4. The van der Waals surface area contributed by atoms with Crippen LogP contribution in [0.5, 0.6) is 0 Å². The van der Waals surface area contributed by atoms with Crippen LogP contribution in [0.2, 0.25) is 0 Å². The van der Waals surface area contributed by atoms with Gasteiger partial charge in [-0.2, -0.15) is 14.3 Å². The van der Waals surface area contributed by atoms with Crippen LogP contribution >= 0.6 is 11.5 Å². The first kappa shape index (κ1) is 15.2. The Labute approximate surface area is 143 Å². The Kier molecular flexibility index (Phi) is 3.99. The molecule has 2 atom stereocenters. The van der Waals surface area contributed by atoms with Crippen LogP contribution in [0.4, 0.5) is 5.13 Å². The molecule has 1 fully saturated rings. The van der Waals surface area contributed by atoms with Gasteiger partial charge in [-0.3, -0.25) is 0 Å². The lowest BCUT2D eigenvalue weighted by atomic mass is 10.2. The molecule has 0 N–H and O–H groups in total. The van der Waals surface area contributed by atoms with E-state index in [4.69, 9.17) is 14.2 Å². The highest BCUT2D eigenvalue weighted by Crippen LogP contribution is 2.38. The minimum atomic E-state index is -0.0345. The molecule has 1 aliphatic rings. The van der Waals surface area contributed by atoms with E-state index in [9.17, 15) is 0 Å². The summed E-state index contributed by atoms with van der Waals surface area (Å²) in [6, 6.07) is 9.93. The van der Waals surface area contributed by atoms with Crippen LogP contribution in [0.3, 0.4) is 0 Å². The number of ether oxygens (including phenoxy) is 1. The number of hydrogen-bond donors (Lipinski definition) is 0. The normalized spacial score (nSPS) is 20.7. The number of anilines is 1. The smallest absolute Gasteiger partial charge is 0.249 e. The average molecular weight is 343 g/mol. The summed E-state index contributed by atoms with van der Waals surface area (Å²) in [5, 5.41) is 4.75. The van der Waals surface area contributed by atoms with Gasteiger partial charge in [-0.05, 0) is 6.92 Å². The van der Waals surface area contributed by atoms with Crippen molar-refractivity contribution in [3.8, 4) is 11.4 Å². The summed E-state index contributed by atoms with van der Waals surface area (Å²) in [4.78, 5) is 11.2. The number of methoxy groups -OCH3 is 1. The second-order valence-electron chi connectivity index (χ2n) is 5.71. The Morgan fingerprint density at radius 2 is 2.08 bits per heavy atom. The number of rotatable bonds is 4. The Morgan fingerprint density at radius 1 is 1.25 bits per heavy atom. The number of aryl methyl sites for hydroxylation is 1. The fourth-order valence-corrected chi connectivity index (χ4v) is 3.65. The van der Waals surface area contributed by atoms with Crippen LogP contribution in [0.15, 0.2) is 34.9 Å². The topological polar surface area (TPSA) is 77.2 Å². The number of aromatic nitrogens is 4. The molecular formula is C16H17N5O2S. The SMILES string of the molecule is COC1CC(c2nc(C)no2)N(c2nc(-c3ccccc3)ns2)C1. The molecule has 24 heavy (non-hydrogen) atoms. The lowest BCUT2D eigenvalue weighted by Crippen LogP contribution is -2.24. The highest BCUT2D eigenvalue weighted by atomic mass is 32.1. The van der Waals surface area contributed by atoms with Crippen LogP contribution < -0.4 is 4.90 Å². The second-order valence-corrected chi connectivity index (χ2v) is 6.44. The largest absolute Gasteiger partial charge is 0.380 e. The molecule has 0 spiro atoms. The van der Waals surface area contributed by atoms with Gasteiger partial charge in [0.05, 0.1) is 6.10 Å². The maximum Gasteiger partial charge on any atom is 0.249 e. The second kappa shape index (κ2) is 6.29. The van der Waals surface area contributed by atoms with Crippen molar-refractivity contribution in [3.05, 3.63) is 42.0 Å². The molecule has 0 aliphatic carbocycles. The van der Waals surface area contributed by atoms with Crippen LogP contribution in [0.25, 0.3) is 11.4 Å². The van der Waals surface area contributed by atoms with Crippen molar-refractivity contribution in [3.63, 3.8) is 0 Å². The van der Waals surface area contributed by atoms with Gasteiger partial charge in [0.1, 0.15) is 6.04 Å². The Balaban J connectivity index is 1.65. The number of benzene rings is 1. The van der Waals surface area contributed by atoms with Crippen molar-refractivity contribution in [1.29, 1.82) is 0 Å². The Hall–Kier alpha value is -2.32. The molecule has 4 rings (SSSR count). The molecule has 1 aromatic carbocycles. The summed E-state index contributed by atoms with van der Waals surface area (Å²) >= 11 is 1.38. The van der Waals surface area contributed by atoms with E-state index in [0.29, 0.717) is 11.7 Å². The van der Waals surface area contributed by atoms with E-state index in [2.05, 4.69) is 19.4 Å². The van der Waals surface area contributed by atoms with Gasteiger partial charge in [-0.15, -0.1) is 0 Å². The zero-order valence-corrected chi connectivity index (χ0v) is 14.2. The maximum absolute atomic E-state index is 5.54. The predicted molar refractivity (Wildman–Crippen MR) is 89.9 cm³/mol. The van der Waals surface area contributed by atoms with Gasteiger partial charge in [-0.25, -0.2) is 0 Å². The zero-order chi connectivity index (χ0) is 16.5. The molecule has 8 heteroatoms. The van der Waals surface area contributed by atoms with Gasteiger partial charge < -0.3 is 14.2 Å². The van der Waals surface area contributed by atoms with E-state index >= 15 is 0 Å². The molecular weight excluding hydrogens is 326 g/mol. The van der Waals surface area contributed by atoms with Crippen molar-refractivity contribution in [2.75, 3.05) is 18.6 Å². The van der Waals surface area contributed by atoms with Crippen LogP contribution in [-0.2, 0) is 4.74 Å². The molecule has 0 bridgehead atoms. The standard InChI is InChI=1S/C16H17N5O2S/c1-10-17-15(23-19-10)13-8-12(22-2)9-21(13)16-18-14(20-24-16)11-6-4-3-5-7-11/h3-7,12-13H,8-9H2,1-2H3. The van der Waals surface area contributed by atoms with Crippen LogP contribution in [0.1, 0.15) is 24.2 Å². The number of hydrogen-bond acceptors (Lipinski definition) is 8. The molecule has 0 saturated carbocycles. The quantitative estimate of drug-likeness (QED) is 0.721. The zero-order valence-electron chi connectivity index (χ0n) is 13.4. The summed E-state index contributed by atoms with van der Waals surface area (Å²) in [7, 11) is 1.72. The third kappa shape index (κ3) is 2.78. The molecule has 2 aromatic heterocycles. The van der Waals surface area contributed by atoms with Crippen molar-refractivity contribution >= 4 is 16.7 Å². The highest BCUT2D eigenvalue weighted by molar-refractivity contribution is 7.09. The molecule has 7 nitrogen and oxygen atoms in total. The Morgan fingerprint density at radius 3 is 2.79 bits per heavy atom. The highest BCUT2D eigenvalue weighted by Gasteiger charge is 2.38. The van der Waals surface area contributed by atoms with Crippen molar-refractivity contribution in [2.45, 2.75) is 25.5 Å². The van der Waals surface area contributed by atoms with Gasteiger partial charge >= 0.3 is 0 Å². The van der Waals surface area contributed by atoms with Crippen LogP contribution in [-0.4, -0.2) is 39.3 Å². The maximum atomic E-state index is 5.54. The van der Waals surface area contributed by atoms with Crippen molar-refractivity contribution in [1.82, 2.24) is 19.5 Å².